The molecule has 5 nitrogen and oxygen atoms in total. The van der Waals surface area contributed by atoms with Crippen molar-refractivity contribution >= 4 is 54.9 Å². The fourth-order valence-corrected chi connectivity index (χ4v) is 4.67. The standard InChI is InChI=1S/C9H11BrClNO4S2/c1-2-5(9(13)14)4-12-18(15,16)7-3-6(11)8(10)17-7/h3,5,12H,2,4H2,1H3,(H,13,14). The van der Waals surface area contributed by atoms with Gasteiger partial charge in [-0.15, -0.1) is 11.3 Å². The molecule has 0 saturated carbocycles. The molecule has 0 aliphatic heterocycles. The van der Waals surface area contributed by atoms with E-state index < -0.39 is 21.9 Å². The summed E-state index contributed by atoms with van der Waals surface area (Å²) in [5.74, 6) is -1.76. The molecule has 1 heterocycles. The molecule has 9 heteroatoms. The van der Waals surface area contributed by atoms with Crippen LogP contribution in [0.4, 0.5) is 0 Å². The van der Waals surface area contributed by atoms with Crippen molar-refractivity contribution < 1.29 is 18.3 Å². The van der Waals surface area contributed by atoms with Crippen LogP contribution < -0.4 is 4.72 Å². The zero-order valence-electron chi connectivity index (χ0n) is 9.31. The lowest BCUT2D eigenvalue weighted by Gasteiger charge is -2.10. The first kappa shape index (κ1) is 15.9. The van der Waals surface area contributed by atoms with Gasteiger partial charge in [0.25, 0.3) is 0 Å². The van der Waals surface area contributed by atoms with Gasteiger partial charge in [-0.25, -0.2) is 13.1 Å². The average molecular weight is 377 g/mol. The van der Waals surface area contributed by atoms with Gasteiger partial charge in [-0.05, 0) is 28.4 Å². The Morgan fingerprint density at radius 2 is 2.28 bits per heavy atom. The molecule has 0 aromatic carbocycles. The van der Waals surface area contributed by atoms with Gasteiger partial charge in [0.2, 0.25) is 10.0 Å². The molecule has 2 N–H and O–H groups in total. The van der Waals surface area contributed by atoms with Crippen LogP contribution in [0.15, 0.2) is 14.1 Å². The van der Waals surface area contributed by atoms with E-state index in [2.05, 4.69) is 20.7 Å². The molecule has 0 aliphatic rings. The maximum Gasteiger partial charge on any atom is 0.307 e. The normalized spacial score (nSPS) is 13.5. The van der Waals surface area contributed by atoms with Crippen LogP contribution in [0.5, 0.6) is 0 Å². The molecule has 0 aliphatic carbocycles. The molecule has 1 atom stereocenters. The van der Waals surface area contributed by atoms with E-state index in [1.807, 2.05) is 0 Å². The zero-order chi connectivity index (χ0) is 13.9. The zero-order valence-corrected chi connectivity index (χ0v) is 13.3. The molecule has 1 unspecified atom stereocenters. The number of carbonyl (C=O) groups is 1. The average Bonchev–Trinajstić information content (AvgIpc) is 2.60. The van der Waals surface area contributed by atoms with E-state index in [9.17, 15) is 13.2 Å². The number of hydrogen-bond acceptors (Lipinski definition) is 4. The van der Waals surface area contributed by atoms with Gasteiger partial charge in [-0.2, -0.15) is 0 Å². The van der Waals surface area contributed by atoms with Crippen LogP contribution in [0, 0.1) is 5.92 Å². The number of thiophene rings is 1. The van der Waals surface area contributed by atoms with Crippen molar-refractivity contribution in [2.45, 2.75) is 17.6 Å². The number of carboxylic acids is 1. The molecule has 0 amide bonds. The van der Waals surface area contributed by atoms with E-state index >= 15 is 0 Å². The minimum Gasteiger partial charge on any atom is -0.481 e. The van der Waals surface area contributed by atoms with Gasteiger partial charge in [0.1, 0.15) is 4.21 Å². The first-order valence-electron chi connectivity index (χ1n) is 4.95. The summed E-state index contributed by atoms with van der Waals surface area (Å²) in [6.07, 6.45) is 0.354. The molecule has 102 valence electrons. The highest BCUT2D eigenvalue weighted by Crippen LogP contribution is 2.34. The van der Waals surface area contributed by atoms with E-state index in [-0.39, 0.29) is 10.8 Å². The van der Waals surface area contributed by atoms with Crippen molar-refractivity contribution in [1.82, 2.24) is 4.72 Å². The summed E-state index contributed by atoms with van der Waals surface area (Å²) in [5, 5.41) is 9.14. The first-order chi connectivity index (χ1) is 8.27. The van der Waals surface area contributed by atoms with E-state index in [1.54, 1.807) is 6.92 Å². The van der Waals surface area contributed by atoms with Gasteiger partial charge >= 0.3 is 5.97 Å². The Morgan fingerprint density at radius 3 is 2.67 bits per heavy atom. The highest BCUT2D eigenvalue weighted by molar-refractivity contribution is 9.11. The van der Waals surface area contributed by atoms with Crippen LogP contribution in [0.3, 0.4) is 0 Å². The summed E-state index contributed by atoms with van der Waals surface area (Å²) >= 11 is 9.85. The lowest BCUT2D eigenvalue weighted by atomic mass is 10.1. The Morgan fingerprint density at radius 1 is 1.67 bits per heavy atom. The highest BCUT2D eigenvalue weighted by atomic mass is 79.9. The summed E-state index contributed by atoms with van der Waals surface area (Å²) in [7, 11) is -3.71. The Bertz CT molecular complexity index is 523. The molecule has 0 fully saturated rings. The second-order valence-corrected chi connectivity index (χ2v) is 8.25. The number of sulfonamides is 1. The second-order valence-electron chi connectivity index (χ2n) is 3.48. The predicted molar refractivity (Wildman–Crippen MR) is 73.6 cm³/mol. The van der Waals surface area contributed by atoms with Crippen molar-refractivity contribution in [2.75, 3.05) is 6.54 Å². The predicted octanol–water partition coefficient (Wildman–Crippen LogP) is 2.55. The van der Waals surface area contributed by atoms with Crippen LogP contribution in [-0.4, -0.2) is 26.0 Å². The molecule has 0 saturated heterocycles. The van der Waals surface area contributed by atoms with Gasteiger partial charge in [-0.1, -0.05) is 18.5 Å². The summed E-state index contributed by atoms with van der Waals surface area (Å²) < 4.78 is 26.6. The Hall–Kier alpha value is -0.150. The molecule has 0 spiro atoms. The molecule has 0 bridgehead atoms. The van der Waals surface area contributed by atoms with E-state index in [1.165, 1.54) is 6.07 Å². The van der Waals surface area contributed by atoms with Gasteiger partial charge < -0.3 is 5.11 Å². The molecule has 1 aromatic heterocycles. The fraction of sp³-hybridized carbons (Fsp3) is 0.444. The van der Waals surface area contributed by atoms with E-state index in [0.717, 1.165) is 11.3 Å². The lowest BCUT2D eigenvalue weighted by Crippen LogP contribution is -2.32. The largest absolute Gasteiger partial charge is 0.481 e. The third-order valence-corrected chi connectivity index (χ3v) is 6.62. The topological polar surface area (TPSA) is 83.5 Å². The van der Waals surface area contributed by atoms with Crippen molar-refractivity contribution in [3.63, 3.8) is 0 Å². The van der Waals surface area contributed by atoms with Crippen LogP contribution >= 0.6 is 38.9 Å². The summed E-state index contributed by atoms with van der Waals surface area (Å²) in [6, 6.07) is 1.32. The van der Waals surface area contributed by atoms with Crippen LogP contribution in [0.1, 0.15) is 13.3 Å². The van der Waals surface area contributed by atoms with E-state index in [4.69, 9.17) is 16.7 Å². The van der Waals surface area contributed by atoms with Gasteiger partial charge in [0.15, 0.2) is 0 Å². The molecule has 1 aromatic rings. The van der Waals surface area contributed by atoms with Gasteiger partial charge in [0, 0.05) is 6.54 Å². The number of aliphatic carboxylic acids is 1. The quantitative estimate of drug-likeness (QED) is 0.799. The van der Waals surface area contributed by atoms with Crippen LogP contribution in [-0.2, 0) is 14.8 Å². The van der Waals surface area contributed by atoms with Gasteiger partial charge in [-0.3, -0.25) is 4.79 Å². The molecular weight excluding hydrogens is 366 g/mol. The lowest BCUT2D eigenvalue weighted by molar-refractivity contribution is -0.141. The van der Waals surface area contributed by atoms with Crippen molar-refractivity contribution in [3.05, 3.63) is 14.9 Å². The first-order valence-corrected chi connectivity index (χ1v) is 8.42. The van der Waals surface area contributed by atoms with Crippen molar-refractivity contribution in [2.24, 2.45) is 5.92 Å². The molecule has 1 rings (SSSR count). The maximum absolute atomic E-state index is 11.9. The number of rotatable bonds is 6. The Kier molecular flexibility index (Phi) is 5.60. The van der Waals surface area contributed by atoms with E-state index in [0.29, 0.717) is 15.2 Å². The highest BCUT2D eigenvalue weighted by Gasteiger charge is 2.22. The summed E-state index contributed by atoms with van der Waals surface area (Å²) in [6.45, 7) is 1.55. The van der Waals surface area contributed by atoms with Crippen molar-refractivity contribution in [1.29, 1.82) is 0 Å². The number of hydrogen-bond donors (Lipinski definition) is 2. The monoisotopic (exact) mass is 375 g/mol. The van der Waals surface area contributed by atoms with Crippen LogP contribution in [0.25, 0.3) is 0 Å². The third-order valence-electron chi connectivity index (χ3n) is 2.25. The number of halogens is 2. The summed E-state index contributed by atoms with van der Waals surface area (Å²) in [5.41, 5.74) is 0. The molecule has 18 heavy (non-hydrogen) atoms. The maximum atomic E-state index is 11.9. The summed E-state index contributed by atoms with van der Waals surface area (Å²) in [4.78, 5) is 10.8. The number of carboxylic acid groups (broad SMARTS) is 1. The van der Waals surface area contributed by atoms with Gasteiger partial charge in [0.05, 0.1) is 14.7 Å². The molecule has 0 radical (unpaired) electrons. The smallest absolute Gasteiger partial charge is 0.307 e. The van der Waals surface area contributed by atoms with Crippen LogP contribution in [0.2, 0.25) is 5.02 Å². The number of nitrogens with one attached hydrogen (secondary N) is 1. The molecular formula is C9H11BrClNO4S2. The Labute approximate surface area is 122 Å². The third kappa shape index (κ3) is 3.92. The van der Waals surface area contributed by atoms with Crippen molar-refractivity contribution in [3.8, 4) is 0 Å². The minimum atomic E-state index is -3.71. The minimum absolute atomic E-state index is 0.0552. The second kappa shape index (κ2) is 6.33. The SMILES string of the molecule is CCC(CNS(=O)(=O)c1cc(Cl)c(Br)s1)C(=O)O. The fourth-order valence-electron chi connectivity index (χ4n) is 1.15. The Balaban J connectivity index is 2.80.